The first kappa shape index (κ1) is 23.6. The third-order valence-corrected chi connectivity index (χ3v) is 6.13. The number of carbonyl (C=O) groups excluding carboxylic acids is 1. The Morgan fingerprint density at radius 2 is 1.81 bits per heavy atom. The van der Waals surface area contributed by atoms with Gasteiger partial charge in [0.1, 0.15) is 5.60 Å². The first-order valence-electron chi connectivity index (χ1n) is 11.0. The van der Waals surface area contributed by atoms with Crippen molar-refractivity contribution < 1.29 is 18.8 Å². The summed E-state index contributed by atoms with van der Waals surface area (Å²) in [5, 5.41) is 5.77. The fraction of sp³-hybridized carbons (Fsp3) is 0.652. The maximum Gasteiger partial charge on any atom is 0.495 e. The highest BCUT2D eigenvalue weighted by Crippen LogP contribution is 2.37. The van der Waals surface area contributed by atoms with Gasteiger partial charge in [0.2, 0.25) is 0 Å². The van der Waals surface area contributed by atoms with Gasteiger partial charge in [-0.25, -0.2) is 4.79 Å². The van der Waals surface area contributed by atoms with Crippen LogP contribution in [-0.4, -0.2) is 58.3 Å². The van der Waals surface area contributed by atoms with Crippen molar-refractivity contribution in [3.05, 3.63) is 23.9 Å². The molecule has 170 valence electrons. The van der Waals surface area contributed by atoms with Crippen molar-refractivity contribution in [2.24, 2.45) is 7.05 Å². The van der Waals surface area contributed by atoms with Crippen LogP contribution in [0.1, 0.15) is 60.6 Å². The highest BCUT2D eigenvalue weighted by atomic mass is 16.7. The topological polar surface area (TPSA) is 65.8 Å². The highest BCUT2D eigenvalue weighted by molar-refractivity contribution is 6.65. The van der Waals surface area contributed by atoms with Gasteiger partial charge in [0, 0.05) is 31.7 Å². The number of carbonyl (C=O) groups is 1. The molecule has 0 bridgehead atoms. The van der Waals surface area contributed by atoms with E-state index >= 15 is 0 Å². The number of aromatic nitrogens is 2. The fourth-order valence-electron chi connectivity index (χ4n) is 3.71. The lowest BCUT2D eigenvalue weighted by Crippen LogP contribution is -2.41. The Kier molecular flexibility index (Phi) is 6.19. The maximum atomic E-state index is 12.2. The largest absolute Gasteiger partial charge is 0.495 e. The number of fused-ring (bicyclic) bond motifs is 1. The molecule has 0 aliphatic carbocycles. The molecule has 1 aromatic carbocycles. The lowest BCUT2D eigenvalue weighted by molar-refractivity contribution is 0.00578. The standard InChI is InChI=1S/C23H36BN3O4/c1-21(2,3)29-20(28)26(8)15-11-14-18-19-16(12-10-13-17(19)25-27(18)9)24-30-22(4,5)23(6,7)31-24/h10,12-13H,11,14-15H2,1-9H3. The number of benzene rings is 1. The Hall–Kier alpha value is -2.06. The molecule has 8 heteroatoms. The van der Waals surface area contributed by atoms with Crippen molar-refractivity contribution in [2.45, 2.75) is 78.1 Å². The van der Waals surface area contributed by atoms with Crippen LogP contribution >= 0.6 is 0 Å². The second kappa shape index (κ2) is 8.13. The monoisotopic (exact) mass is 429 g/mol. The van der Waals surface area contributed by atoms with E-state index in [0.29, 0.717) is 6.54 Å². The third-order valence-electron chi connectivity index (χ3n) is 6.13. The van der Waals surface area contributed by atoms with E-state index in [1.165, 1.54) is 0 Å². The molecule has 0 atom stereocenters. The van der Waals surface area contributed by atoms with Crippen LogP contribution < -0.4 is 5.46 Å². The molecule has 1 aliphatic rings. The van der Waals surface area contributed by atoms with Crippen molar-refractivity contribution >= 4 is 29.6 Å². The average molecular weight is 429 g/mol. The van der Waals surface area contributed by atoms with Gasteiger partial charge in [-0.2, -0.15) is 5.10 Å². The van der Waals surface area contributed by atoms with Crippen molar-refractivity contribution in [3.8, 4) is 0 Å². The molecular weight excluding hydrogens is 393 g/mol. The molecule has 0 unspecified atom stereocenters. The van der Waals surface area contributed by atoms with Gasteiger partial charge in [0.25, 0.3) is 0 Å². The summed E-state index contributed by atoms with van der Waals surface area (Å²) >= 11 is 0. The Morgan fingerprint density at radius 1 is 1.19 bits per heavy atom. The van der Waals surface area contributed by atoms with Gasteiger partial charge in [0.15, 0.2) is 0 Å². The number of hydrogen-bond donors (Lipinski definition) is 0. The van der Waals surface area contributed by atoms with Crippen molar-refractivity contribution in [3.63, 3.8) is 0 Å². The first-order valence-corrected chi connectivity index (χ1v) is 11.0. The molecule has 2 aromatic rings. The van der Waals surface area contributed by atoms with E-state index in [-0.39, 0.29) is 6.09 Å². The Balaban J connectivity index is 1.80. The smallest absolute Gasteiger partial charge is 0.444 e. The lowest BCUT2D eigenvalue weighted by Gasteiger charge is -2.32. The molecule has 31 heavy (non-hydrogen) atoms. The maximum absolute atomic E-state index is 12.2. The zero-order valence-corrected chi connectivity index (χ0v) is 20.4. The van der Waals surface area contributed by atoms with Gasteiger partial charge in [0.05, 0.1) is 16.7 Å². The van der Waals surface area contributed by atoms with Crippen LogP contribution in [0.25, 0.3) is 10.9 Å². The summed E-state index contributed by atoms with van der Waals surface area (Å²) in [5.74, 6) is 0. The zero-order chi connectivity index (χ0) is 23.2. The molecule has 0 saturated carbocycles. The predicted octanol–water partition coefficient (Wildman–Crippen LogP) is 3.67. The van der Waals surface area contributed by atoms with Gasteiger partial charge in [-0.15, -0.1) is 0 Å². The van der Waals surface area contributed by atoms with E-state index in [0.717, 1.165) is 34.9 Å². The van der Waals surface area contributed by atoms with Crippen LogP contribution in [-0.2, 0) is 27.5 Å². The lowest BCUT2D eigenvalue weighted by atomic mass is 9.76. The molecule has 0 spiro atoms. The SMILES string of the molecule is CN(CCCc1c2c(B3OC(C)(C)C(C)(C)O3)cccc2nn1C)C(=O)OC(C)(C)C. The van der Waals surface area contributed by atoms with Crippen LogP contribution in [0.3, 0.4) is 0 Å². The highest BCUT2D eigenvalue weighted by Gasteiger charge is 2.52. The average Bonchev–Trinajstić information content (AvgIpc) is 3.05. The van der Waals surface area contributed by atoms with Crippen molar-refractivity contribution in [1.82, 2.24) is 14.7 Å². The summed E-state index contributed by atoms with van der Waals surface area (Å²) in [6, 6.07) is 6.07. The van der Waals surface area contributed by atoms with Crippen molar-refractivity contribution in [1.29, 1.82) is 0 Å². The zero-order valence-electron chi connectivity index (χ0n) is 20.4. The van der Waals surface area contributed by atoms with E-state index in [9.17, 15) is 4.79 Å². The van der Waals surface area contributed by atoms with Gasteiger partial charge in [-0.05, 0) is 72.8 Å². The molecule has 1 saturated heterocycles. The van der Waals surface area contributed by atoms with E-state index in [1.807, 2.05) is 44.6 Å². The number of hydrogen-bond acceptors (Lipinski definition) is 5. The quantitative estimate of drug-likeness (QED) is 0.679. The number of amides is 1. The summed E-state index contributed by atoms with van der Waals surface area (Å²) in [4.78, 5) is 13.9. The molecule has 1 aromatic heterocycles. The summed E-state index contributed by atoms with van der Waals surface area (Å²) in [7, 11) is 3.28. The van der Waals surface area contributed by atoms with Gasteiger partial charge >= 0.3 is 13.2 Å². The van der Waals surface area contributed by atoms with Crippen LogP contribution in [0, 0.1) is 0 Å². The van der Waals surface area contributed by atoms with Crippen LogP contribution in [0.2, 0.25) is 0 Å². The molecular formula is C23H36BN3O4. The Labute approximate surface area is 186 Å². The molecule has 1 amide bonds. The second-order valence-corrected chi connectivity index (χ2v) is 10.4. The minimum Gasteiger partial charge on any atom is -0.444 e. The number of nitrogens with zero attached hydrogens (tertiary/aromatic N) is 3. The van der Waals surface area contributed by atoms with Gasteiger partial charge < -0.3 is 18.9 Å². The third kappa shape index (κ3) is 4.90. The van der Waals surface area contributed by atoms with E-state index in [2.05, 4.69) is 33.8 Å². The molecule has 3 rings (SSSR count). The van der Waals surface area contributed by atoms with Crippen LogP contribution in [0.15, 0.2) is 18.2 Å². The number of ether oxygens (including phenoxy) is 1. The Bertz CT molecular complexity index is 946. The summed E-state index contributed by atoms with van der Waals surface area (Å²) in [6.07, 6.45) is 1.26. The fourth-order valence-corrected chi connectivity index (χ4v) is 3.71. The summed E-state index contributed by atoms with van der Waals surface area (Å²) in [5.41, 5.74) is 1.72. The number of aryl methyl sites for hydroxylation is 2. The van der Waals surface area contributed by atoms with Crippen LogP contribution in [0.4, 0.5) is 4.79 Å². The minimum atomic E-state index is -0.499. The Morgan fingerprint density at radius 3 is 2.39 bits per heavy atom. The van der Waals surface area contributed by atoms with Crippen LogP contribution in [0.5, 0.6) is 0 Å². The molecule has 7 nitrogen and oxygen atoms in total. The molecule has 2 heterocycles. The van der Waals surface area contributed by atoms with Gasteiger partial charge in [-0.1, -0.05) is 12.1 Å². The van der Waals surface area contributed by atoms with E-state index in [4.69, 9.17) is 19.1 Å². The van der Waals surface area contributed by atoms with Crippen molar-refractivity contribution in [2.75, 3.05) is 13.6 Å². The first-order chi connectivity index (χ1) is 14.2. The van der Waals surface area contributed by atoms with E-state index in [1.54, 1.807) is 11.9 Å². The summed E-state index contributed by atoms with van der Waals surface area (Å²) < 4.78 is 20.0. The normalized spacial score (nSPS) is 17.9. The molecule has 1 aliphatic heterocycles. The molecule has 0 radical (unpaired) electrons. The minimum absolute atomic E-state index is 0.305. The second-order valence-electron chi connectivity index (χ2n) is 10.4. The molecule has 0 N–H and O–H groups in total. The van der Waals surface area contributed by atoms with E-state index < -0.39 is 23.9 Å². The summed E-state index contributed by atoms with van der Waals surface area (Å²) in [6.45, 7) is 14.5. The predicted molar refractivity (Wildman–Crippen MR) is 124 cm³/mol. The van der Waals surface area contributed by atoms with Gasteiger partial charge in [-0.3, -0.25) is 4.68 Å². The molecule has 1 fully saturated rings. The number of rotatable bonds is 5.